The van der Waals surface area contributed by atoms with E-state index in [1.165, 1.54) is 4.31 Å². The molecule has 2 aromatic rings. The molecule has 1 atom stereocenters. The van der Waals surface area contributed by atoms with Gasteiger partial charge in [-0.2, -0.15) is 4.31 Å². The number of hydrogen-bond acceptors (Lipinski definition) is 4. The molecule has 1 aromatic heterocycles. The summed E-state index contributed by atoms with van der Waals surface area (Å²) in [6, 6.07) is 8.31. The minimum atomic E-state index is -3.55. The van der Waals surface area contributed by atoms with Crippen LogP contribution in [0.25, 0.3) is 0 Å². The van der Waals surface area contributed by atoms with Crippen LogP contribution in [0.1, 0.15) is 29.9 Å². The van der Waals surface area contributed by atoms with Gasteiger partial charge in [0.2, 0.25) is 10.0 Å². The van der Waals surface area contributed by atoms with Crippen LogP contribution in [0.5, 0.6) is 0 Å². The van der Waals surface area contributed by atoms with Crippen LogP contribution in [0.15, 0.2) is 45.9 Å². The third-order valence-electron chi connectivity index (χ3n) is 3.45. The molecule has 1 unspecified atom stereocenters. The van der Waals surface area contributed by atoms with Gasteiger partial charge in [-0.05, 0) is 37.6 Å². The third kappa shape index (κ3) is 3.34. The van der Waals surface area contributed by atoms with Gasteiger partial charge in [-0.1, -0.05) is 12.1 Å². The van der Waals surface area contributed by atoms with E-state index in [1.807, 2.05) is 19.9 Å². The van der Waals surface area contributed by atoms with Crippen molar-refractivity contribution >= 4 is 10.0 Å². The van der Waals surface area contributed by atoms with Gasteiger partial charge in [0.1, 0.15) is 5.76 Å². The smallest absolute Gasteiger partial charge is 0.243 e. The number of furan rings is 1. The second kappa shape index (κ2) is 6.01. The highest BCUT2D eigenvalue weighted by molar-refractivity contribution is 7.89. The van der Waals surface area contributed by atoms with Gasteiger partial charge in [-0.15, -0.1) is 0 Å². The second-order valence-corrected chi connectivity index (χ2v) is 7.17. The van der Waals surface area contributed by atoms with Crippen molar-refractivity contribution in [3.05, 3.63) is 53.5 Å². The summed E-state index contributed by atoms with van der Waals surface area (Å²) < 4.78 is 31.7. The molecule has 0 aliphatic carbocycles. The second-order valence-electron chi connectivity index (χ2n) is 5.12. The lowest BCUT2D eigenvalue weighted by Crippen LogP contribution is -2.26. The Labute approximate surface area is 125 Å². The molecule has 2 rings (SSSR count). The highest BCUT2D eigenvalue weighted by atomic mass is 32.2. The summed E-state index contributed by atoms with van der Waals surface area (Å²) >= 11 is 0. The van der Waals surface area contributed by atoms with Crippen LogP contribution in [0.2, 0.25) is 0 Å². The molecule has 0 radical (unpaired) electrons. The van der Waals surface area contributed by atoms with Crippen LogP contribution in [0.3, 0.4) is 0 Å². The van der Waals surface area contributed by atoms with E-state index in [1.54, 1.807) is 37.6 Å². The van der Waals surface area contributed by atoms with Gasteiger partial charge in [-0.25, -0.2) is 8.42 Å². The fraction of sp³-hybridized carbons (Fsp3) is 0.333. The topological polar surface area (TPSA) is 76.5 Å². The molecule has 5 nitrogen and oxygen atoms in total. The summed E-state index contributed by atoms with van der Waals surface area (Å²) in [5.74, 6) is 0.724. The number of nitrogens with zero attached hydrogens (tertiary/aromatic N) is 1. The Kier molecular flexibility index (Phi) is 4.51. The lowest BCUT2D eigenvalue weighted by Gasteiger charge is -2.18. The van der Waals surface area contributed by atoms with Gasteiger partial charge >= 0.3 is 0 Å². The molecule has 0 bridgehead atoms. The Morgan fingerprint density at radius 1 is 1.33 bits per heavy atom. The van der Waals surface area contributed by atoms with Gasteiger partial charge in [0, 0.05) is 25.2 Å². The molecule has 0 saturated heterocycles. The first-order chi connectivity index (χ1) is 9.82. The highest BCUT2D eigenvalue weighted by Crippen LogP contribution is 2.21. The molecular formula is C15H20N2O3S. The van der Waals surface area contributed by atoms with Crippen molar-refractivity contribution in [2.24, 2.45) is 5.73 Å². The Hall–Kier alpha value is -1.63. The van der Waals surface area contributed by atoms with Crippen molar-refractivity contribution < 1.29 is 12.8 Å². The summed E-state index contributed by atoms with van der Waals surface area (Å²) in [5.41, 5.74) is 7.46. The quantitative estimate of drug-likeness (QED) is 0.920. The zero-order valence-electron chi connectivity index (χ0n) is 12.4. The molecule has 21 heavy (non-hydrogen) atoms. The van der Waals surface area contributed by atoms with Gasteiger partial charge in [0.15, 0.2) is 0 Å². The van der Waals surface area contributed by atoms with Crippen molar-refractivity contribution in [1.82, 2.24) is 4.31 Å². The standard InChI is InChI=1S/C15H20N2O3S/c1-11(16)13-5-4-6-15(9-13)21(18,19)17(3)10-14-7-8-20-12(14)2/h4-9,11H,10,16H2,1-3H3. The van der Waals surface area contributed by atoms with E-state index in [-0.39, 0.29) is 17.5 Å². The number of hydrogen-bond donors (Lipinski definition) is 1. The predicted octanol–water partition coefficient (Wildman–Crippen LogP) is 2.43. The van der Waals surface area contributed by atoms with Crippen molar-refractivity contribution in [3.63, 3.8) is 0 Å². The Bertz CT molecular complexity index is 720. The Morgan fingerprint density at radius 3 is 2.62 bits per heavy atom. The van der Waals surface area contributed by atoms with E-state index >= 15 is 0 Å². The molecule has 0 amide bonds. The van der Waals surface area contributed by atoms with Crippen LogP contribution in [-0.2, 0) is 16.6 Å². The average molecular weight is 308 g/mol. The fourth-order valence-electron chi connectivity index (χ4n) is 2.04. The molecular weight excluding hydrogens is 288 g/mol. The molecule has 0 aliphatic heterocycles. The zero-order chi connectivity index (χ0) is 15.6. The SMILES string of the molecule is Cc1occc1CN(C)S(=O)(=O)c1cccc(C(C)N)c1. The summed E-state index contributed by atoms with van der Waals surface area (Å²) in [5, 5.41) is 0. The van der Waals surface area contributed by atoms with E-state index in [4.69, 9.17) is 10.2 Å². The molecule has 1 heterocycles. The molecule has 0 saturated carbocycles. The molecule has 1 aromatic carbocycles. The minimum absolute atomic E-state index is 0.207. The van der Waals surface area contributed by atoms with Gasteiger partial charge in [0.25, 0.3) is 0 Å². The van der Waals surface area contributed by atoms with Crippen LogP contribution in [0, 0.1) is 6.92 Å². The number of nitrogens with two attached hydrogens (primary N) is 1. The zero-order valence-corrected chi connectivity index (χ0v) is 13.2. The Balaban J connectivity index is 2.29. The van der Waals surface area contributed by atoms with Crippen molar-refractivity contribution in [1.29, 1.82) is 0 Å². The van der Waals surface area contributed by atoms with E-state index in [9.17, 15) is 8.42 Å². The molecule has 2 N–H and O–H groups in total. The number of sulfonamides is 1. The maximum atomic E-state index is 12.6. The lowest BCUT2D eigenvalue weighted by atomic mass is 10.1. The van der Waals surface area contributed by atoms with Crippen molar-refractivity contribution in [2.75, 3.05) is 7.05 Å². The summed E-state index contributed by atoms with van der Waals surface area (Å²) in [6.07, 6.45) is 1.56. The van der Waals surface area contributed by atoms with Crippen molar-refractivity contribution in [2.45, 2.75) is 31.3 Å². The first kappa shape index (κ1) is 15.8. The van der Waals surface area contributed by atoms with Crippen molar-refractivity contribution in [3.8, 4) is 0 Å². The summed E-state index contributed by atoms with van der Waals surface area (Å²) in [4.78, 5) is 0.251. The normalized spacial score (nSPS) is 13.6. The molecule has 0 spiro atoms. The number of aryl methyl sites for hydroxylation is 1. The maximum absolute atomic E-state index is 12.6. The predicted molar refractivity (Wildman–Crippen MR) is 81.1 cm³/mol. The molecule has 0 aliphatic rings. The molecule has 0 fully saturated rings. The summed E-state index contributed by atoms with van der Waals surface area (Å²) in [6.45, 7) is 3.91. The van der Waals surface area contributed by atoms with Crippen LogP contribution < -0.4 is 5.73 Å². The lowest BCUT2D eigenvalue weighted by molar-refractivity contribution is 0.459. The highest BCUT2D eigenvalue weighted by Gasteiger charge is 2.22. The number of rotatable bonds is 5. The number of benzene rings is 1. The van der Waals surface area contributed by atoms with E-state index < -0.39 is 10.0 Å². The fourth-order valence-corrected chi connectivity index (χ4v) is 3.24. The van der Waals surface area contributed by atoms with Crippen LogP contribution in [-0.4, -0.2) is 19.8 Å². The Morgan fingerprint density at radius 2 is 2.05 bits per heavy atom. The van der Waals surface area contributed by atoms with E-state index in [0.717, 1.165) is 16.9 Å². The van der Waals surface area contributed by atoms with Crippen LogP contribution >= 0.6 is 0 Å². The first-order valence-electron chi connectivity index (χ1n) is 6.67. The van der Waals surface area contributed by atoms with Gasteiger partial charge < -0.3 is 10.2 Å². The molecule has 114 valence electrons. The van der Waals surface area contributed by atoms with Gasteiger partial charge in [-0.3, -0.25) is 0 Å². The molecule has 6 heteroatoms. The van der Waals surface area contributed by atoms with Gasteiger partial charge in [0.05, 0.1) is 11.2 Å². The van der Waals surface area contributed by atoms with Crippen LogP contribution in [0.4, 0.5) is 0 Å². The average Bonchev–Trinajstić information content (AvgIpc) is 2.84. The summed E-state index contributed by atoms with van der Waals surface area (Å²) in [7, 11) is -2.00. The largest absolute Gasteiger partial charge is 0.469 e. The monoisotopic (exact) mass is 308 g/mol. The first-order valence-corrected chi connectivity index (χ1v) is 8.11. The third-order valence-corrected chi connectivity index (χ3v) is 5.25. The minimum Gasteiger partial charge on any atom is -0.469 e. The van der Waals surface area contributed by atoms with E-state index in [0.29, 0.717) is 0 Å². The maximum Gasteiger partial charge on any atom is 0.243 e. The van der Waals surface area contributed by atoms with E-state index in [2.05, 4.69) is 0 Å².